The maximum Gasteiger partial charge on any atom is 0.333 e. The molecule has 0 aliphatic carbocycles. The minimum atomic E-state index is -1.87. The van der Waals surface area contributed by atoms with Crippen molar-refractivity contribution in [2.24, 2.45) is 0 Å². The van der Waals surface area contributed by atoms with Gasteiger partial charge >= 0.3 is 5.97 Å². The van der Waals surface area contributed by atoms with Gasteiger partial charge in [-0.05, 0) is 18.1 Å². The summed E-state index contributed by atoms with van der Waals surface area (Å²) < 4.78 is 16.0. The average molecular weight is 286 g/mol. The maximum atomic E-state index is 11.3. The molecule has 19 heavy (non-hydrogen) atoms. The molecule has 0 bridgehead atoms. The Kier molecular flexibility index (Phi) is 7.08. The van der Waals surface area contributed by atoms with Crippen molar-refractivity contribution in [1.82, 2.24) is 0 Å². The molecule has 0 amide bonds. The highest BCUT2D eigenvalue weighted by Gasteiger charge is 2.37. The van der Waals surface area contributed by atoms with Gasteiger partial charge in [-0.2, -0.15) is 0 Å². The van der Waals surface area contributed by atoms with E-state index in [-0.39, 0.29) is 11.6 Å². The van der Waals surface area contributed by atoms with Crippen LogP contribution in [-0.4, -0.2) is 34.6 Å². The molecule has 0 aromatic carbocycles. The van der Waals surface area contributed by atoms with Crippen molar-refractivity contribution in [1.29, 1.82) is 0 Å². The number of carbonyl (C=O) groups is 1. The second kappa shape index (κ2) is 7.50. The van der Waals surface area contributed by atoms with E-state index in [9.17, 15) is 4.79 Å². The lowest BCUT2D eigenvalue weighted by Crippen LogP contribution is -2.41. The average Bonchev–Trinajstić information content (AvgIpc) is 2.30. The molecule has 0 N–H and O–H groups in total. The predicted octanol–water partition coefficient (Wildman–Crippen LogP) is 3.27. The van der Waals surface area contributed by atoms with E-state index in [0.717, 1.165) is 0 Å². The van der Waals surface area contributed by atoms with Crippen LogP contribution in [-0.2, 0) is 18.7 Å². The molecule has 0 aliphatic rings. The fourth-order valence-corrected chi connectivity index (χ4v) is 1.89. The Balaban J connectivity index is 4.71. The topological polar surface area (TPSA) is 44.8 Å². The molecule has 0 spiro atoms. The third kappa shape index (κ3) is 6.59. The summed E-state index contributed by atoms with van der Waals surface area (Å²) in [6.07, 6.45) is 2.94. The predicted molar refractivity (Wildman–Crippen MR) is 79.4 cm³/mol. The van der Waals surface area contributed by atoms with E-state index in [0.29, 0.717) is 12.4 Å². The molecule has 0 fully saturated rings. The number of hydrogen-bond donors (Lipinski definition) is 0. The molecular weight excluding hydrogens is 260 g/mol. The van der Waals surface area contributed by atoms with Gasteiger partial charge in [-0.3, -0.25) is 0 Å². The molecule has 0 aliphatic heterocycles. The van der Waals surface area contributed by atoms with E-state index in [4.69, 9.17) is 9.16 Å². The number of rotatable bonds is 7. The minimum Gasteiger partial charge on any atom is -0.491 e. The summed E-state index contributed by atoms with van der Waals surface area (Å²) in [7, 11) is -0.535. The van der Waals surface area contributed by atoms with E-state index in [1.54, 1.807) is 6.08 Å². The summed E-state index contributed by atoms with van der Waals surface area (Å²) in [5.74, 6) is 0.0227. The Labute approximate surface area is 117 Å². The third-order valence-electron chi connectivity index (χ3n) is 3.25. The quantitative estimate of drug-likeness (QED) is 0.237. The first kappa shape index (κ1) is 17.9. The first-order chi connectivity index (χ1) is 8.64. The van der Waals surface area contributed by atoms with Gasteiger partial charge in [0.15, 0.2) is 8.32 Å². The molecule has 4 nitrogen and oxygen atoms in total. The second-order valence-corrected chi connectivity index (χ2v) is 10.6. The van der Waals surface area contributed by atoms with Crippen LogP contribution in [0.25, 0.3) is 0 Å². The Morgan fingerprint density at radius 2 is 1.89 bits per heavy atom. The Morgan fingerprint density at radius 1 is 1.32 bits per heavy atom. The van der Waals surface area contributed by atoms with Crippen molar-refractivity contribution < 1.29 is 18.7 Å². The van der Waals surface area contributed by atoms with Crippen LogP contribution in [0.5, 0.6) is 0 Å². The minimum absolute atomic E-state index is 0.113. The summed E-state index contributed by atoms with van der Waals surface area (Å²) in [6.45, 7) is 15.0. The lowest BCUT2D eigenvalue weighted by molar-refractivity contribution is -0.135. The van der Waals surface area contributed by atoms with E-state index in [1.807, 2.05) is 0 Å². The van der Waals surface area contributed by atoms with Gasteiger partial charge < -0.3 is 13.9 Å². The van der Waals surface area contributed by atoms with Gasteiger partial charge in [0.2, 0.25) is 0 Å². The third-order valence-corrected chi connectivity index (χ3v) is 7.73. The first-order valence-electron chi connectivity index (χ1n) is 6.30. The molecule has 0 saturated carbocycles. The molecule has 0 rings (SSSR count). The van der Waals surface area contributed by atoms with E-state index < -0.39 is 14.3 Å². The van der Waals surface area contributed by atoms with Crippen LogP contribution >= 0.6 is 0 Å². The summed E-state index contributed by atoms with van der Waals surface area (Å²) in [5, 5.41) is 0.113. The molecule has 0 atom stereocenters. The zero-order valence-electron chi connectivity index (χ0n) is 12.9. The van der Waals surface area contributed by atoms with Crippen molar-refractivity contribution in [3.05, 3.63) is 24.5 Å². The van der Waals surface area contributed by atoms with Crippen LogP contribution < -0.4 is 0 Å². The van der Waals surface area contributed by atoms with Gasteiger partial charge in [0.05, 0.1) is 19.8 Å². The van der Waals surface area contributed by atoms with Gasteiger partial charge in [0.1, 0.15) is 12.4 Å². The fourth-order valence-electron chi connectivity index (χ4n) is 0.949. The molecule has 0 unspecified atom stereocenters. The standard InChI is InChI=1S/C14H26O4Si/c1-8-9-17-12(10-13(15)16-5)11-18-19(6,7)14(2,3)4/h8,10H,1,9,11H2,2-7H3/b12-10+. The summed E-state index contributed by atoms with van der Waals surface area (Å²) >= 11 is 0. The fraction of sp³-hybridized carbons (Fsp3) is 0.643. The van der Waals surface area contributed by atoms with Crippen molar-refractivity contribution in [2.75, 3.05) is 20.3 Å². The van der Waals surface area contributed by atoms with Gasteiger partial charge in [-0.1, -0.05) is 33.4 Å². The molecule has 110 valence electrons. The molecule has 0 aromatic rings. The van der Waals surface area contributed by atoms with Crippen LogP contribution in [0.1, 0.15) is 20.8 Å². The van der Waals surface area contributed by atoms with Gasteiger partial charge in [-0.15, -0.1) is 0 Å². The number of methoxy groups -OCH3 is 1. The number of hydrogen-bond acceptors (Lipinski definition) is 4. The van der Waals surface area contributed by atoms with Gasteiger partial charge in [0.25, 0.3) is 0 Å². The van der Waals surface area contributed by atoms with Gasteiger partial charge in [-0.25, -0.2) is 4.79 Å². The number of carbonyl (C=O) groups excluding carboxylic acids is 1. The first-order valence-corrected chi connectivity index (χ1v) is 9.21. The van der Waals surface area contributed by atoms with Crippen molar-refractivity contribution in [2.45, 2.75) is 38.9 Å². The summed E-state index contributed by atoms with van der Waals surface area (Å²) in [6, 6.07) is 0. The van der Waals surface area contributed by atoms with Crippen LogP contribution in [0.15, 0.2) is 24.5 Å². The Morgan fingerprint density at radius 3 is 2.32 bits per heavy atom. The largest absolute Gasteiger partial charge is 0.491 e. The molecular formula is C14H26O4Si. The lowest BCUT2D eigenvalue weighted by Gasteiger charge is -2.36. The second-order valence-electron chi connectivity index (χ2n) is 5.78. The highest BCUT2D eigenvalue weighted by molar-refractivity contribution is 6.74. The molecule has 0 heterocycles. The van der Waals surface area contributed by atoms with Crippen molar-refractivity contribution >= 4 is 14.3 Å². The van der Waals surface area contributed by atoms with E-state index >= 15 is 0 Å². The highest BCUT2D eigenvalue weighted by atomic mass is 28.4. The Bertz CT molecular complexity index is 340. The zero-order chi connectivity index (χ0) is 15.1. The normalized spacial score (nSPS) is 13.1. The van der Waals surface area contributed by atoms with E-state index in [1.165, 1.54) is 13.2 Å². The van der Waals surface area contributed by atoms with Gasteiger partial charge in [0, 0.05) is 0 Å². The SMILES string of the molecule is C=CCO/C(=C/C(=O)OC)CO[Si](C)(C)C(C)(C)C. The summed E-state index contributed by atoms with van der Waals surface area (Å²) in [4.78, 5) is 11.3. The van der Waals surface area contributed by atoms with Crippen molar-refractivity contribution in [3.8, 4) is 0 Å². The number of ether oxygens (including phenoxy) is 2. The molecule has 0 radical (unpaired) electrons. The highest BCUT2D eigenvalue weighted by Crippen LogP contribution is 2.36. The smallest absolute Gasteiger partial charge is 0.333 e. The molecule has 5 heteroatoms. The van der Waals surface area contributed by atoms with Crippen LogP contribution in [0.3, 0.4) is 0 Å². The van der Waals surface area contributed by atoms with E-state index in [2.05, 4.69) is 45.2 Å². The maximum absolute atomic E-state index is 11.3. The number of esters is 1. The van der Waals surface area contributed by atoms with Crippen LogP contribution in [0.4, 0.5) is 0 Å². The monoisotopic (exact) mass is 286 g/mol. The molecule has 0 aromatic heterocycles. The summed E-state index contributed by atoms with van der Waals surface area (Å²) in [5.41, 5.74) is 0. The van der Waals surface area contributed by atoms with Crippen molar-refractivity contribution in [3.63, 3.8) is 0 Å². The lowest BCUT2D eigenvalue weighted by atomic mass is 10.2. The zero-order valence-corrected chi connectivity index (χ0v) is 13.9. The van der Waals surface area contributed by atoms with Crippen LogP contribution in [0, 0.1) is 0 Å². The Hall–Kier alpha value is -1.07. The molecule has 0 saturated heterocycles. The van der Waals surface area contributed by atoms with Crippen LogP contribution in [0.2, 0.25) is 18.1 Å².